The van der Waals surface area contributed by atoms with Gasteiger partial charge in [0.25, 0.3) is 0 Å². The van der Waals surface area contributed by atoms with Crippen molar-refractivity contribution in [1.82, 2.24) is 4.72 Å². The van der Waals surface area contributed by atoms with Crippen molar-refractivity contribution in [3.63, 3.8) is 0 Å². The van der Waals surface area contributed by atoms with Crippen LogP contribution in [-0.4, -0.2) is 45.9 Å². The van der Waals surface area contributed by atoms with E-state index in [1.807, 2.05) is 0 Å². The summed E-state index contributed by atoms with van der Waals surface area (Å²) in [5, 5.41) is 13.1. The molecule has 0 amide bonds. The number of benzene rings is 1. The predicted molar refractivity (Wildman–Crippen MR) is 71.6 cm³/mol. The minimum atomic E-state index is -3.52. The number of anilines is 1. The van der Waals surface area contributed by atoms with Crippen LogP contribution in [0.5, 0.6) is 0 Å². The van der Waals surface area contributed by atoms with Gasteiger partial charge in [0, 0.05) is 19.6 Å². The van der Waals surface area contributed by atoms with Gasteiger partial charge in [0.05, 0.1) is 12.3 Å². The van der Waals surface area contributed by atoms with Gasteiger partial charge in [0.15, 0.2) is 0 Å². The third kappa shape index (κ3) is 3.24. The summed E-state index contributed by atoms with van der Waals surface area (Å²) < 4.78 is 31.1. The lowest BCUT2D eigenvalue weighted by molar-refractivity contribution is 0.0381. The molecule has 19 heavy (non-hydrogen) atoms. The molecule has 7 heteroatoms. The Morgan fingerprint density at radius 1 is 1.42 bits per heavy atom. The summed E-state index contributed by atoms with van der Waals surface area (Å²) in [6.45, 7) is 1.04. The summed E-state index contributed by atoms with van der Waals surface area (Å²) >= 11 is 0. The Bertz CT molecular complexity index is 538. The highest BCUT2D eigenvalue weighted by molar-refractivity contribution is 7.89. The van der Waals surface area contributed by atoms with E-state index in [4.69, 9.17) is 4.74 Å². The normalized spacial score (nSPS) is 23.5. The lowest BCUT2D eigenvalue weighted by Crippen LogP contribution is -2.37. The maximum atomic E-state index is 11.9. The van der Waals surface area contributed by atoms with Gasteiger partial charge in [0.2, 0.25) is 10.0 Å². The summed E-state index contributed by atoms with van der Waals surface area (Å²) in [5.41, 5.74) is -0.464. The molecule has 0 saturated carbocycles. The Morgan fingerprint density at radius 2 is 2.16 bits per heavy atom. The Kier molecular flexibility index (Phi) is 4.10. The van der Waals surface area contributed by atoms with Gasteiger partial charge >= 0.3 is 0 Å². The lowest BCUT2D eigenvalue weighted by Gasteiger charge is -2.22. The molecule has 1 unspecified atom stereocenters. The predicted octanol–water partition coefficient (Wildman–Crippen LogP) is 0.158. The van der Waals surface area contributed by atoms with Gasteiger partial charge in [-0.05, 0) is 19.2 Å². The number of sulfonamides is 1. The molecule has 1 atom stereocenters. The standard InChI is InChI=1S/C12H18N2O4S/c1-13-19(16,17)11-5-3-2-4-10(11)14-8-12(15)6-7-18-9-12/h2-5,13-15H,6-9H2,1H3. The largest absolute Gasteiger partial charge is 0.386 e. The zero-order valence-electron chi connectivity index (χ0n) is 10.7. The van der Waals surface area contributed by atoms with Crippen LogP contribution in [0.1, 0.15) is 6.42 Å². The average Bonchev–Trinajstić information content (AvgIpc) is 2.84. The van der Waals surface area contributed by atoms with E-state index in [-0.39, 0.29) is 18.0 Å². The van der Waals surface area contributed by atoms with Crippen molar-refractivity contribution in [2.24, 2.45) is 0 Å². The second kappa shape index (κ2) is 5.46. The van der Waals surface area contributed by atoms with Crippen molar-refractivity contribution in [3.05, 3.63) is 24.3 Å². The van der Waals surface area contributed by atoms with Gasteiger partial charge in [0.1, 0.15) is 10.5 Å². The number of aliphatic hydroxyl groups is 1. The molecule has 0 radical (unpaired) electrons. The van der Waals surface area contributed by atoms with Crippen LogP contribution in [0.25, 0.3) is 0 Å². The maximum Gasteiger partial charge on any atom is 0.242 e. The van der Waals surface area contributed by atoms with Crippen LogP contribution < -0.4 is 10.0 Å². The van der Waals surface area contributed by atoms with Crippen molar-refractivity contribution in [3.8, 4) is 0 Å². The monoisotopic (exact) mass is 286 g/mol. The average molecular weight is 286 g/mol. The molecule has 0 bridgehead atoms. The van der Waals surface area contributed by atoms with Crippen LogP contribution in [0.3, 0.4) is 0 Å². The van der Waals surface area contributed by atoms with Gasteiger partial charge in [-0.1, -0.05) is 12.1 Å². The number of hydrogen-bond acceptors (Lipinski definition) is 5. The smallest absolute Gasteiger partial charge is 0.242 e. The highest BCUT2D eigenvalue weighted by Crippen LogP contribution is 2.23. The van der Waals surface area contributed by atoms with Crippen LogP contribution in [0.2, 0.25) is 0 Å². The molecule has 1 aliphatic rings. The van der Waals surface area contributed by atoms with E-state index in [1.54, 1.807) is 18.2 Å². The highest BCUT2D eigenvalue weighted by atomic mass is 32.2. The Balaban J connectivity index is 2.17. The van der Waals surface area contributed by atoms with E-state index in [2.05, 4.69) is 10.0 Å². The van der Waals surface area contributed by atoms with E-state index in [9.17, 15) is 13.5 Å². The van der Waals surface area contributed by atoms with Gasteiger partial charge in [-0.25, -0.2) is 13.1 Å². The summed E-state index contributed by atoms with van der Waals surface area (Å²) in [4.78, 5) is 0.167. The first-order chi connectivity index (χ1) is 8.97. The number of rotatable bonds is 5. The van der Waals surface area contributed by atoms with Crippen LogP contribution in [0.15, 0.2) is 29.2 Å². The third-order valence-corrected chi connectivity index (χ3v) is 4.61. The minimum absolute atomic E-state index is 0.167. The molecule has 1 heterocycles. The molecular weight excluding hydrogens is 268 g/mol. The molecule has 1 aromatic rings. The third-order valence-electron chi connectivity index (χ3n) is 3.14. The van der Waals surface area contributed by atoms with Crippen molar-refractivity contribution in [1.29, 1.82) is 0 Å². The number of ether oxygens (including phenoxy) is 1. The fourth-order valence-corrected chi connectivity index (χ4v) is 2.86. The Morgan fingerprint density at radius 3 is 2.79 bits per heavy atom. The van der Waals surface area contributed by atoms with Gasteiger partial charge in [-0.3, -0.25) is 0 Å². The summed E-state index contributed by atoms with van der Waals surface area (Å²) in [5.74, 6) is 0. The molecule has 1 saturated heterocycles. The zero-order chi connectivity index (χ0) is 13.9. The molecule has 1 aromatic carbocycles. The fourth-order valence-electron chi connectivity index (χ4n) is 1.95. The van der Waals surface area contributed by atoms with Crippen LogP contribution in [0.4, 0.5) is 5.69 Å². The van der Waals surface area contributed by atoms with E-state index in [1.165, 1.54) is 13.1 Å². The lowest BCUT2D eigenvalue weighted by atomic mass is 10.0. The molecule has 106 valence electrons. The molecule has 0 spiro atoms. The second-order valence-corrected chi connectivity index (χ2v) is 6.44. The summed E-state index contributed by atoms with van der Waals surface area (Å²) in [7, 11) is -2.15. The molecule has 3 N–H and O–H groups in total. The summed E-state index contributed by atoms with van der Waals surface area (Å²) in [6, 6.07) is 6.59. The van der Waals surface area contributed by atoms with Gasteiger partial charge in [-0.2, -0.15) is 0 Å². The SMILES string of the molecule is CNS(=O)(=O)c1ccccc1NCC1(O)CCOC1. The van der Waals surface area contributed by atoms with Crippen molar-refractivity contribution >= 4 is 15.7 Å². The molecule has 1 aliphatic heterocycles. The molecular formula is C12H18N2O4S. The quantitative estimate of drug-likeness (QED) is 0.717. The van der Waals surface area contributed by atoms with E-state index in [0.29, 0.717) is 18.7 Å². The summed E-state index contributed by atoms with van der Waals surface area (Å²) in [6.07, 6.45) is 0.543. The maximum absolute atomic E-state index is 11.9. The van der Waals surface area contributed by atoms with Crippen molar-refractivity contribution in [2.75, 3.05) is 32.1 Å². The Hall–Kier alpha value is -1.15. The van der Waals surface area contributed by atoms with Crippen LogP contribution >= 0.6 is 0 Å². The first-order valence-corrected chi connectivity index (χ1v) is 7.52. The van der Waals surface area contributed by atoms with Crippen LogP contribution in [0, 0.1) is 0 Å². The van der Waals surface area contributed by atoms with Crippen molar-refractivity contribution in [2.45, 2.75) is 16.9 Å². The number of hydrogen-bond donors (Lipinski definition) is 3. The van der Waals surface area contributed by atoms with Crippen LogP contribution in [-0.2, 0) is 14.8 Å². The van der Waals surface area contributed by atoms with Gasteiger partial charge in [-0.15, -0.1) is 0 Å². The molecule has 1 fully saturated rings. The van der Waals surface area contributed by atoms with E-state index < -0.39 is 15.6 Å². The molecule has 0 aliphatic carbocycles. The van der Waals surface area contributed by atoms with Gasteiger partial charge < -0.3 is 15.2 Å². The minimum Gasteiger partial charge on any atom is -0.386 e. The fraction of sp³-hybridized carbons (Fsp3) is 0.500. The topological polar surface area (TPSA) is 87.7 Å². The zero-order valence-corrected chi connectivity index (χ0v) is 11.5. The second-order valence-electron chi connectivity index (χ2n) is 4.58. The highest BCUT2D eigenvalue weighted by Gasteiger charge is 2.32. The molecule has 6 nitrogen and oxygen atoms in total. The molecule has 2 rings (SSSR count). The molecule has 0 aromatic heterocycles. The Labute approximate surface area is 112 Å². The first-order valence-electron chi connectivity index (χ1n) is 6.03. The number of para-hydroxylation sites is 1. The van der Waals surface area contributed by atoms with E-state index in [0.717, 1.165) is 0 Å². The number of nitrogens with one attached hydrogen (secondary N) is 2. The first kappa shape index (κ1) is 14.3. The van der Waals surface area contributed by atoms with Crippen molar-refractivity contribution < 1.29 is 18.3 Å². The van der Waals surface area contributed by atoms with E-state index >= 15 is 0 Å².